The van der Waals surface area contributed by atoms with Crippen LogP contribution >= 0.6 is 0 Å². The van der Waals surface area contributed by atoms with Crippen molar-refractivity contribution < 1.29 is 9.47 Å². The van der Waals surface area contributed by atoms with Crippen LogP contribution in [-0.4, -0.2) is 51.5 Å². The topological polar surface area (TPSA) is 46.6 Å². The molecule has 1 aromatic heterocycles. The Hall–Kier alpha value is -1.33. The summed E-state index contributed by atoms with van der Waals surface area (Å²) in [5.74, 6) is 1.77. The number of likely N-dealkylation sites (N-methyl/N-ethyl adjacent to an activating group) is 1. The predicted octanol–water partition coefficient (Wildman–Crippen LogP) is 0.515. The number of aromatic nitrogens is 1. The summed E-state index contributed by atoms with van der Waals surface area (Å²) in [7, 11) is 3.59. The summed E-state index contributed by atoms with van der Waals surface area (Å²) >= 11 is 0. The molecular weight excluding hydrogens is 218 g/mol. The Morgan fingerprint density at radius 1 is 1.59 bits per heavy atom. The van der Waals surface area contributed by atoms with Crippen LogP contribution in [0.1, 0.15) is 0 Å². The average molecular weight is 237 g/mol. The second-order valence-electron chi connectivity index (χ2n) is 4.05. The maximum atomic E-state index is 5.66. The standard InChI is InChI=1S/C12H19N3O2/c1-13-7-11-9-15(5-6-17-11)12-4-3-10(16-2)8-14-12/h3-4,8,11,13H,5-7,9H2,1-2H3. The van der Waals surface area contributed by atoms with Gasteiger partial charge in [0.15, 0.2) is 0 Å². The first kappa shape index (κ1) is 12.1. The molecule has 0 aromatic carbocycles. The van der Waals surface area contributed by atoms with Gasteiger partial charge in [-0.25, -0.2) is 4.98 Å². The molecule has 0 spiro atoms. The quantitative estimate of drug-likeness (QED) is 0.827. The highest BCUT2D eigenvalue weighted by Gasteiger charge is 2.20. The van der Waals surface area contributed by atoms with Crippen LogP contribution in [0.25, 0.3) is 0 Å². The molecule has 0 aliphatic carbocycles. The van der Waals surface area contributed by atoms with E-state index in [0.29, 0.717) is 0 Å². The number of nitrogens with one attached hydrogen (secondary N) is 1. The molecule has 1 saturated heterocycles. The van der Waals surface area contributed by atoms with Crippen molar-refractivity contribution in [3.8, 4) is 5.75 Å². The van der Waals surface area contributed by atoms with Gasteiger partial charge in [0.25, 0.3) is 0 Å². The number of morpholine rings is 1. The number of methoxy groups -OCH3 is 1. The van der Waals surface area contributed by atoms with Crippen LogP contribution < -0.4 is 15.0 Å². The molecule has 5 nitrogen and oxygen atoms in total. The van der Waals surface area contributed by atoms with Crippen molar-refractivity contribution in [2.24, 2.45) is 0 Å². The summed E-state index contributed by atoms with van der Waals surface area (Å²) < 4.78 is 10.8. The lowest BCUT2D eigenvalue weighted by molar-refractivity contribution is 0.0419. The van der Waals surface area contributed by atoms with Crippen molar-refractivity contribution in [3.63, 3.8) is 0 Å². The number of pyridine rings is 1. The second kappa shape index (κ2) is 5.84. The summed E-state index contributed by atoms with van der Waals surface area (Å²) in [6.45, 7) is 3.38. The maximum absolute atomic E-state index is 5.66. The van der Waals surface area contributed by atoms with Gasteiger partial charge in [-0.2, -0.15) is 0 Å². The Balaban J connectivity index is 2.00. The number of rotatable bonds is 4. The Labute approximate surface area is 102 Å². The molecule has 1 unspecified atom stereocenters. The van der Waals surface area contributed by atoms with E-state index in [4.69, 9.17) is 9.47 Å². The number of ether oxygens (including phenoxy) is 2. The minimum Gasteiger partial charge on any atom is -0.495 e. The maximum Gasteiger partial charge on any atom is 0.137 e. The van der Waals surface area contributed by atoms with Crippen LogP contribution in [-0.2, 0) is 4.74 Å². The third-order valence-electron chi connectivity index (χ3n) is 2.85. The molecular formula is C12H19N3O2. The monoisotopic (exact) mass is 237 g/mol. The van der Waals surface area contributed by atoms with Gasteiger partial charge in [-0.15, -0.1) is 0 Å². The summed E-state index contributed by atoms with van der Waals surface area (Å²) in [5, 5.41) is 3.14. The first-order valence-electron chi connectivity index (χ1n) is 5.84. The van der Waals surface area contributed by atoms with Crippen LogP contribution in [0.4, 0.5) is 5.82 Å². The predicted molar refractivity (Wildman–Crippen MR) is 66.7 cm³/mol. The molecule has 1 aromatic rings. The average Bonchev–Trinajstić information content (AvgIpc) is 2.40. The van der Waals surface area contributed by atoms with E-state index >= 15 is 0 Å². The summed E-state index contributed by atoms with van der Waals surface area (Å²) in [6, 6.07) is 3.92. The molecule has 17 heavy (non-hydrogen) atoms. The zero-order valence-electron chi connectivity index (χ0n) is 10.3. The zero-order valence-corrected chi connectivity index (χ0v) is 10.3. The highest BCUT2D eigenvalue weighted by Crippen LogP contribution is 2.17. The van der Waals surface area contributed by atoms with Crippen molar-refractivity contribution >= 4 is 5.82 Å². The summed E-state index contributed by atoms with van der Waals surface area (Å²) in [5.41, 5.74) is 0. The smallest absolute Gasteiger partial charge is 0.137 e. The van der Waals surface area contributed by atoms with Gasteiger partial charge in [-0.1, -0.05) is 0 Å². The number of anilines is 1. The van der Waals surface area contributed by atoms with Gasteiger partial charge in [-0.3, -0.25) is 0 Å². The van der Waals surface area contributed by atoms with E-state index in [1.54, 1.807) is 13.3 Å². The van der Waals surface area contributed by atoms with Gasteiger partial charge in [0, 0.05) is 19.6 Å². The first-order valence-corrected chi connectivity index (χ1v) is 5.84. The first-order chi connectivity index (χ1) is 8.33. The van der Waals surface area contributed by atoms with E-state index in [2.05, 4.69) is 15.2 Å². The molecule has 1 fully saturated rings. The zero-order chi connectivity index (χ0) is 12.1. The van der Waals surface area contributed by atoms with Crippen LogP contribution in [0.15, 0.2) is 18.3 Å². The number of hydrogen-bond acceptors (Lipinski definition) is 5. The number of hydrogen-bond donors (Lipinski definition) is 1. The molecule has 1 aliphatic heterocycles. The molecule has 0 saturated carbocycles. The molecule has 0 bridgehead atoms. The Morgan fingerprint density at radius 2 is 2.47 bits per heavy atom. The van der Waals surface area contributed by atoms with Gasteiger partial charge in [0.2, 0.25) is 0 Å². The van der Waals surface area contributed by atoms with E-state index in [-0.39, 0.29) is 6.10 Å². The largest absolute Gasteiger partial charge is 0.495 e. The highest BCUT2D eigenvalue weighted by atomic mass is 16.5. The van der Waals surface area contributed by atoms with Crippen molar-refractivity contribution in [1.82, 2.24) is 10.3 Å². The Kier molecular flexibility index (Phi) is 4.17. The van der Waals surface area contributed by atoms with E-state index in [9.17, 15) is 0 Å². The third-order valence-corrected chi connectivity index (χ3v) is 2.85. The SMILES string of the molecule is CNCC1CN(c2ccc(OC)cn2)CCO1. The van der Waals surface area contributed by atoms with Crippen molar-refractivity contribution in [2.45, 2.75) is 6.10 Å². The van der Waals surface area contributed by atoms with Crippen LogP contribution in [0.5, 0.6) is 5.75 Å². The number of nitrogens with zero attached hydrogens (tertiary/aromatic N) is 2. The van der Waals surface area contributed by atoms with E-state index in [1.165, 1.54) is 0 Å². The van der Waals surface area contributed by atoms with Crippen LogP contribution in [0.2, 0.25) is 0 Å². The molecule has 0 radical (unpaired) electrons. The molecule has 5 heteroatoms. The van der Waals surface area contributed by atoms with Gasteiger partial charge < -0.3 is 19.7 Å². The fourth-order valence-electron chi connectivity index (χ4n) is 1.96. The minimum atomic E-state index is 0.234. The summed E-state index contributed by atoms with van der Waals surface area (Å²) in [6.07, 6.45) is 1.98. The molecule has 1 aliphatic rings. The lowest BCUT2D eigenvalue weighted by Gasteiger charge is -2.33. The fraction of sp³-hybridized carbons (Fsp3) is 0.583. The molecule has 1 N–H and O–H groups in total. The van der Waals surface area contributed by atoms with Gasteiger partial charge >= 0.3 is 0 Å². The molecule has 2 rings (SSSR count). The van der Waals surface area contributed by atoms with Gasteiger partial charge in [-0.05, 0) is 19.2 Å². The van der Waals surface area contributed by atoms with Crippen LogP contribution in [0.3, 0.4) is 0 Å². The van der Waals surface area contributed by atoms with Crippen LogP contribution in [0, 0.1) is 0 Å². The van der Waals surface area contributed by atoms with Crippen molar-refractivity contribution in [1.29, 1.82) is 0 Å². The lowest BCUT2D eigenvalue weighted by atomic mass is 10.2. The lowest BCUT2D eigenvalue weighted by Crippen LogP contribution is -2.46. The van der Waals surface area contributed by atoms with Crippen molar-refractivity contribution in [3.05, 3.63) is 18.3 Å². The molecule has 1 atom stereocenters. The second-order valence-corrected chi connectivity index (χ2v) is 4.05. The summed E-state index contributed by atoms with van der Waals surface area (Å²) in [4.78, 5) is 6.63. The van der Waals surface area contributed by atoms with E-state index < -0.39 is 0 Å². The molecule has 0 amide bonds. The molecule has 2 heterocycles. The molecule has 94 valence electrons. The Morgan fingerprint density at radius 3 is 3.12 bits per heavy atom. The normalized spacial score (nSPS) is 20.4. The van der Waals surface area contributed by atoms with Gasteiger partial charge in [0.05, 0.1) is 26.0 Å². The third kappa shape index (κ3) is 3.08. The van der Waals surface area contributed by atoms with Crippen molar-refractivity contribution in [2.75, 3.05) is 45.3 Å². The Bertz CT molecular complexity index is 340. The van der Waals surface area contributed by atoms with E-state index in [0.717, 1.165) is 37.8 Å². The van der Waals surface area contributed by atoms with E-state index in [1.807, 2.05) is 19.2 Å². The fourth-order valence-corrected chi connectivity index (χ4v) is 1.96. The minimum absolute atomic E-state index is 0.234. The highest BCUT2D eigenvalue weighted by molar-refractivity contribution is 5.41. The van der Waals surface area contributed by atoms with Gasteiger partial charge in [0.1, 0.15) is 11.6 Å².